The van der Waals surface area contributed by atoms with Gasteiger partial charge in [-0.2, -0.15) is 0 Å². The quantitative estimate of drug-likeness (QED) is 0.767. The predicted molar refractivity (Wildman–Crippen MR) is 81.2 cm³/mol. The smallest absolute Gasteiger partial charge is 0.133 e. The van der Waals surface area contributed by atoms with Crippen molar-refractivity contribution in [2.24, 2.45) is 0 Å². The van der Waals surface area contributed by atoms with Crippen molar-refractivity contribution in [3.05, 3.63) is 57.2 Å². The van der Waals surface area contributed by atoms with Crippen LogP contribution in [0, 0.1) is 10.5 Å². The average Bonchev–Trinajstić information content (AvgIpc) is 2.38. The lowest BCUT2D eigenvalue weighted by Gasteiger charge is -2.12. The standard InChI is InChI=1S/C15H15IO2/c1-11-7-8-14(17-2)12(9-11)10-18-15-6-4-3-5-13(15)16/h3-9H,10H2,1-2H3. The van der Waals surface area contributed by atoms with Crippen LogP contribution in [0.1, 0.15) is 11.1 Å². The van der Waals surface area contributed by atoms with Crippen molar-refractivity contribution < 1.29 is 9.47 Å². The van der Waals surface area contributed by atoms with E-state index in [1.807, 2.05) is 36.4 Å². The van der Waals surface area contributed by atoms with Gasteiger partial charge in [-0.15, -0.1) is 0 Å². The number of hydrogen-bond acceptors (Lipinski definition) is 2. The molecule has 0 aliphatic carbocycles. The largest absolute Gasteiger partial charge is 0.496 e. The summed E-state index contributed by atoms with van der Waals surface area (Å²) in [7, 11) is 1.68. The zero-order valence-corrected chi connectivity index (χ0v) is 12.6. The van der Waals surface area contributed by atoms with E-state index >= 15 is 0 Å². The fraction of sp³-hybridized carbons (Fsp3) is 0.200. The van der Waals surface area contributed by atoms with Gasteiger partial charge in [-0.1, -0.05) is 23.8 Å². The summed E-state index contributed by atoms with van der Waals surface area (Å²) in [6.45, 7) is 2.58. The van der Waals surface area contributed by atoms with Crippen molar-refractivity contribution in [2.75, 3.05) is 7.11 Å². The fourth-order valence-electron chi connectivity index (χ4n) is 1.74. The molecule has 0 atom stereocenters. The van der Waals surface area contributed by atoms with Crippen molar-refractivity contribution in [1.82, 2.24) is 0 Å². The minimum atomic E-state index is 0.519. The number of halogens is 1. The molecule has 18 heavy (non-hydrogen) atoms. The third-order valence-corrected chi connectivity index (χ3v) is 3.55. The number of para-hydroxylation sites is 1. The van der Waals surface area contributed by atoms with Crippen LogP contribution in [0.4, 0.5) is 0 Å². The van der Waals surface area contributed by atoms with Crippen LogP contribution in [-0.2, 0) is 6.61 Å². The molecule has 0 aliphatic heterocycles. The molecule has 2 aromatic carbocycles. The number of rotatable bonds is 4. The minimum absolute atomic E-state index is 0.519. The minimum Gasteiger partial charge on any atom is -0.496 e. The lowest BCUT2D eigenvalue weighted by Crippen LogP contribution is -2.00. The van der Waals surface area contributed by atoms with Gasteiger partial charge in [0.1, 0.15) is 18.1 Å². The molecular formula is C15H15IO2. The molecule has 0 fully saturated rings. The summed E-state index contributed by atoms with van der Waals surface area (Å²) in [5.41, 5.74) is 2.27. The van der Waals surface area contributed by atoms with Gasteiger partial charge in [-0.05, 0) is 53.8 Å². The molecule has 0 aliphatic rings. The van der Waals surface area contributed by atoms with Gasteiger partial charge in [0, 0.05) is 5.56 Å². The van der Waals surface area contributed by atoms with Gasteiger partial charge in [-0.3, -0.25) is 0 Å². The van der Waals surface area contributed by atoms with E-state index in [9.17, 15) is 0 Å². The van der Waals surface area contributed by atoms with Gasteiger partial charge >= 0.3 is 0 Å². The first kappa shape index (κ1) is 13.2. The molecule has 0 amide bonds. The summed E-state index contributed by atoms with van der Waals surface area (Å²) in [4.78, 5) is 0. The number of ether oxygens (including phenoxy) is 2. The van der Waals surface area contributed by atoms with E-state index in [2.05, 4.69) is 35.6 Å². The SMILES string of the molecule is COc1ccc(C)cc1COc1ccccc1I. The van der Waals surface area contributed by atoms with Gasteiger partial charge in [0.2, 0.25) is 0 Å². The Labute approximate surface area is 121 Å². The molecular weight excluding hydrogens is 339 g/mol. The highest BCUT2D eigenvalue weighted by atomic mass is 127. The molecule has 0 saturated carbocycles. The third kappa shape index (κ3) is 3.16. The van der Waals surface area contributed by atoms with E-state index in [1.165, 1.54) is 5.56 Å². The molecule has 0 heterocycles. The van der Waals surface area contributed by atoms with Crippen LogP contribution in [0.3, 0.4) is 0 Å². The van der Waals surface area contributed by atoms with Crippen molar-refractivity contribution >= 4 is 22.6 Å². The summed E-state index contributed by atoms with van der Waals surface area (Å²) >= 11 is 2.27. The summed E-state index contributed by atoms with van der Waals surface area (Å²) in [5, 5.41) is 0. The Morgan fingerprint density at radius 3 is 2.56 bits per heavy atom. The van der Waals surface area contributed by atoms with Crippen molar-refractivity contribution in [3.63, 3.8) is 0 Å². The third-order valence-electron chi connectivity index (χ3n) is 2.66. The van der Waals surface area contributed by atoms with Crippen LogP contribution in [-0.4, -0.2) is 7.11 Å². The second kappa shape index (κ2) is 6.09. The Kier molecular flexibility index (Phi) is 4.47. The molecule has 0 saturated heterocycles. The molecule has 0 spiro atoms. The molecule has 0 N–H and O–H groups in total. The highest BCUT2D eigenvalue weighted by molar-refractivity contribution is 14.1. The topological polar surface area (TPSA) is 18.5 Å². The van der Waals surface area contributed by atoms with E-state index in [4.69, 9.17) is 9.47 Å². The van der Waals surface area contributed by atoms with Gasteiger partial charge in [0.15, 0.2) is 0 Å². The zero-order valence-electron chi connectivity index (χ0n) is 10.4. The molecule has 0 bridgehead atoms. The van der Waals surface area contributed by atoms with E-state index in [0.29, 0.717) is 6.61 Å². The number of benzene rings is 2. The first-order valence-corrected chi connectivity index (χ1v) is 6.79. The predicted octanol–water partition coefficient (Wildman–Crippen LogP) is 4.19. The van der Waals surface area contributed by atoms with E-state index in [-0.39, 0.29) is 0 Å². The summed E-state index contributed by atoms with van der Waals surface area (Å²) < 4.78 is 12.3. The van der Waals surface area contributed by atoms with Crippen LogP contribution in [0.25, 0.3) is 0 Å². The van der Waals surface area contributed by atoms with Crippen molar-refractivity contribution in [2.45, 2.75) is 13.5 Å². The maximum atomic E-state index is 5.83. The average molecular weight is 354 g/mol. The number of hydrogen-bond donors (Lipinski definition) is 0. The van der Waals surface area contributed by atoms with Crippen LogP contribution in [0.2, 0.25) is 0 Å². The summed E-state index contributed by atoms with van der Waals surface area (Å²) in [5.74, 6) is 1.77. The Hall–Kier alpha value is -1.23. The number of aryl methyl sites for hydroxylation is 1. The first-order valence-electron chi connectivity index (χ1n) is 5.71. The van der Waals surface area contributed by atoms with E-state index in [0.717, 1.165) is 20.6 Å². The fourth-order valence-corrected chi connectivity index (χ4v) is 2.28. The maximum Gasteiger partial charge on any atom is 0.133 e. The normalized spacial score (nSPS) is 10.2. The van der Waals surface area contributed by atoms with Gasteiger partial charge in [-0.25, -0.2) is 0 Å². The highest BCUT2D eigenvalue weighted by Gasteiger charge is 2.05. The first-order chi connectivity index (χ1) is 8.70. The van der Waals surface area contributed by atoms with E-state index in [1.54, 1.807) is 7.11 Å². The zero-order chi connectivity index (χ0) is 13.0. The molecule has 94 valence electrons. The van der Waals surface area contributed by atoms with Gasteiger partial charge in [0.05, 0.1) is 10.7 Å². The lowest BCUT2D eigenvalue weighted by molar-refractivity contribution is 0.294. The van der Waals surface area contributed by atoms with E-state index < -0.39 is 0 Å². The van der Waals surface area contributed by atoms with Crippen LogP contribution in [0.15, 0.2) is 42.5 Å². The van der Waals surface area contributed by atoms with Crippen molar-refractivity contribution in [3.8, 4) is 11.5 Å². The summed E-state index contributed by atoms with van der Waals surface area (Å²) in [6, 6.07) is 14.1. The Morgan fingerprint density at radius 2 is 1.83 bits per heavy atom. The second-order valence-electron chi connectivity index (χ2n) is 4.03. The Morgan fingerprint density at radius 1 is 1.06 bits per heavy atom. The van der Waals surface area contributed by atoms with Gasteiger partial charge < -0.3 is 9.47 Å². The van der Waals surface area contributed by atoms with Crippen LogP contribution >= 0.6 is 22.6 Å². The monoisotopic (exact) mass is 354 g/mol. The molecule has 2 nitrogen and oxygen atoms in total. The molecule has 0 aromatic heterocycles. The highest BCUT2D eigenvalue weighted by Crippen LogP contribution is 2.24. The number of methoxy groups -OCH3 is 1. The second-order valence-corrected chi connectivity index (χ2v) is 5.20. The maximum absolute atomic E-state index is 5.83. The Balaban J connectivity index is 2.15. The molecule has 2 rings (SSSR count). The van der Waals surface area contributed by atoms with Gasteiger partial charge in [0.25, 0.3) is 0 Å². The molecule has 0 radical (unpaired) electrons. The lowest BCUT2D eigenvalue weighted by atomic mass is 10.1. The van der Waals surface area contributed by atoms with Crippen LogP contribution < -0.4 is 9.47 Å². The molecule has 2 aromatic rings. The van der Waals surface area contributed by atoms with Crippen LogP contribution in [0.5, 0.6) is 11.5 Å². The van der Waals surface area contributed by atoms with Crippen molar-refractivity contribution in [1.29, 1.82) is 0 Å². The Bertz CT molecular complexity index is 538. The molecule has 3 heteroatoms. The summed E-state index contributed by atoms with van der Waals surface area (Å²) in [6.07, 6.45) is 0. The molecule has 0 unspecified atom stereocenters.